The molecule has 0 nitrogen and oxygen atoms in total. The maximum atomic E-state index is 2.51. The van der Waals surface area contributed by atoms with Crippen molar-refractivity contribution in [3.63, 3.8) is 0 Å². The van der Waals surface area contributed by atoms with Crippen molar-refractivity contribution in [3.05, 3.63) is 64.7 Å². The van der Waals surface area contributed by atoms with Gasteiger partial charge in [0.15, 0.2) is 0 Å². The van der Waals surface area contributed by atoms with Crippen LogP contribution in [0.15, 0.2) is 48.0 Å². The predicted octanol–water partition coefficient (Wildman–Crippen LogP) is 7.22. The summed E-state index contributed by atoms with van der Waals surface area (Å²) in [6.07, 6.45) is 13.2. The average Bonchev–Trinajstić information content (AvgIpc) is 3.04. The van der Waals surface area contributed by atoms with Gasteiger partial charge < -0.3 is 0 Å². The zero-order valence-electron chi connectivity index (χ0n) is 15.8. The van der Waals surface area contributed by atoms with Gasteiger partial charge >= 0.3 is 0 Å². The van der Waals surface area contributed by atoms with E-state index in [-0.39, 0.29) is 0 Å². The summed E-state index contributed by atoms with van der Waals surface area (Å²) in [6.45, 7) is 4.73. The second-order valence-electron chi connectivity index (χ2n) is 8.46. The summed E-state index contributed by atoms with van der Waals surface area (Å²) < 4.78 is 0. The van der Waals surface area contributed by atoms with Gasteiger partial charge in [0.25, 0.3) is 0 Å². The van der Waals surface area contributed by atoms with E-state index in [0.717, 1.165) is 12.8 Å². The Morgan fingerprint density at radius 3 is 2.40 bits per heavy atom. The van der Waals surface area contributed by atoms with Crippen molar-refractivity contribution in [1.82, 2.24) is 0 Å². The number of hydrogen-bond acceptors (Lipinski definition) is 0. The molecule has 130 valence electrons. The van der Waals surface area contributed by atoms with Gasteiger partial charge in [0.1, 0.15) is 0 Å². The molecule has 25 heavy (non-hydrogen) atoms. The van der Waals surface area contributed by atoms with E-state index in [1.54, 1.807) is 5.57 Å². The third kappa shape index (κ3) is 3.45. The molecule has 2 aromatic carbocycles. The molecule has 0 aromatic heterocycles. The maximum Gasteiger partial charge on any atom is -0.00574 e. The van der Waals surface area contributed by atoms with Crippen LogP contribution in [0.3, 0.4) is 0 Å². The largest absolute Gasteiger partial charge is 0.0646 e. The predicted molar refractivity (Wildman–Crippen MR) is 109 cm³/mol. The topological polar surface area (TPSA) is 0 Å². The minimum absolute atomic E-state index is 0.537. The lowest BCUT2D eigenvalue weighted by Gasteiger charge is -2.34. The summed E-state index contributed by atoms with van der Waals surface area (Å²) in [6, 6.07) is 16.0. The van der Waals surface area contributed by atoms with Crippen LogP contribution in [0, 0.1) is 5.41 Å². The van der Waals surface area contributed by atoms with E-state index in [4.69, 9.17) is 0 Å². The van der Waals surface area contributed by atoms with Crippen molar-refractivity contribution in [2.24, 2.45) is 5.41 Å². The number of rotatable bonds is 4. The third-order valence-electron chi connectivity index (χ3n) is 6.35. The fourth-order valence-electron chi connectivity index (χ4n) is 4.85. The molecule has 0 bridgehead atoms. The third-order valence-corrected chi connectivity index (χ3v) is 6.35. The lowest BCUT2D eigenvalue weighted by Crippen LogP contribution is -2.20. The molecular weight excluding hydrogens is 300 g/mol. The number of hydrogen-bond donors (Lipinski definition) is 0. The van der Waals surface area contributed by atoms with E-state index < -0.39 is 0 Å². The molecular formula is C25H30. The zero-order chi connectivity index (χ0) is 17.3. The van der Waals surface area contributed by atoms with E-state index >= 15 is 0 Å². The van der Waals surface area contributed by atoms with Crippen LogP contribution < -0.4 is 0 Å². The fraction of sp³-hybridized carbons (Fsp3) is 0.440. The first-order chi connectivity index (χ1) is 12.2. The van der Waals surface area contributed by atoms with Crippen LogP contribution in [-0.2, 0) is 12.8 Å². The highest BCUT2D eigenvalue weighted by Gasteiger charge is 2.29. The first-order valence-corrected chi connectivity index (χ1v) is 10.1. The molecule has 0 radical (unpaired) electrons. The molecule has 0 aliphatic heterocycles. The molecule has 0 spiro atoms. The van der Waals surface area contributed by atoms with Crippen LogP contribution in [0.4, 0.5) is 0 Å². The minimum Gasteiger partial charge on any atom is -0.0646 e. The Labute approximate surface area is 153 Å². The Morgan fingerprint density at radius 2 is 1.68 bits per heavy atom. The number of aryl methyl sites for hydroxylation is 1. The van der Waals surface area contributed by atoms with Gasteiger partial charge in [-0.05, 0) is 65.3 Å². The standard InChI is InChI=1S/C25H30/c1-3-19-10-12-21(13-11-19)23-9-7-8-22-16-20(17-24(22)23)18-25(2)14-5-4-6-15-25/h7-13,17H,3-6,14-16,18H2,1-2H3. The molecule has 1 fully saturated rings. The van der Waals surface area contributed by atoms with Crippen molar-refractivity contribution >= 4 is 6.08 Å². The first kappa shape index (κ1) is 16.6. The van der Waals surface area contributed by atoms with Gasteiger partial charge in [0.2, 0.25) is 0 Å². The molecule has 2 aliphatic carbocycles. The molecule has 0 saturated heterocycles. The number of allylic oxidation sites excluding steroid dienone is 1. The highest BCUT2D eigenvalue weighted by molar-refractivity contribution is 5.80. The zero-order valence-corrected chi connectivity index (χ0v) is 15.8. The lowest BCUT2D eigenvalue weighted by molar-refractivity contribution is 0.214. The molecule has 0 heterocycles. The summed E-state index contributed by atoms with van der Waals surface area (Å²) in [4.78, 5) is 0. The van der Waals surface area contributed by atoms with Gasteiger partial charge in [0.05, 0.1) is 0 Å². The highest BCUT2D eigenvalue weighted by Crippen LogP contribution is 2.44. The van der Waals surface area contributed by atoms with Crippen LogP contribution >= 0.6 is 0 Å². The van der Waals surface area contributed by atoms with Crippen molar-refractivity contribution in [3.8, 4) is 11.1 Å². The Kier molecular flexibility index (Phi) is 4.54. The van der Waals surface area contributed by atoms with E-state index in [1.165, 1.54) is 66.3 Å². The molecule has 0 amide bonds. The van der Waals surface area contributed by atoms with E-state index in [1.807, 2.05) is 0 Å². The van der Waals surface area contributed by atoms with Gasteiger partial charge in [-0.25, -0.2) is 0 Å². The van der Waals surface area contributed by atoms with Crippen molar-refractivity contribution in [2.75, 3.05) is 0 Å². The van der Waals surface area contributed by atoms with Gasteiger partial charge in [-0.1, -0.05) is 87.2 Å². The lowest BCUT2D eigenvalue weighted by atomic mass is 9.71. The SMILES string of the molecule is CCc1ccc(-c2cccc3c2C=C(CC2(C)CCCCC2)C3)cc1. The van der Waals surface area contributed by atoms with Crippen molar-refractivity contribution in [2.45, 2.75) is 65.2 Å². The van der Waals surface area contributed by atoms with Gasteiger partial charge in [-0.15, -0.1) is 0 Å². The summed E-state index contributed by atoms with van der Waals surface area (Å²) in [5.41, 5.74) is 9.36. The van der Waals surface area contributed by atoms with Crippen LogP contribution in [0.25, 0.3) is 17.2 Å². The first-order valence-electron chi connectivity index (χ1n) is 10.1. The normalized spacial score (nSPS) is 18.7. The van der Waals surface area contributed by atoms with Gasteiger partial charge in [-0.2, -0.15) is 0 Å². The molecule has 2 aromatic rings. The molecule has 0 unspecified atom stereocenters. The van der Waals surface area contributed by atoms with E-state index in [2.05, 4.69) is 62.4 Å². The summed E-state index contributed by atoms with van der Waals surface area (Å²) in [7, 11) is 0. The maximum absolute atomic E-state index is 2.51. The van der Waals surface area contributed by atoms with Crippen molar-refractivity contribution in [1.29, 1.82) is 0 Å². The molecule has 0 N–H and O–H groups in total. The van der Waals surface area contributed by atoms with Gasteiger partial charge in [-0.3, -0.25) is 0 Å². The molecule has 0 heteroatoms. The average molecular weight is 331 g/mol. The molecule has 4 rings (SSSR count). The summed E-state index contributed by atoms with van der Waals surface area (Å²) in [5.74, 6) is 0. The smallest absolute Gasteiger partial charge is 0.00574 e. The monoisotopic (exact) mass is 330 g/mol. The second kappa shape index (κ2) is 6.83. The fourth-order valence-corrected chi connectivity index (χ4v) is 4.85. The Hall–Kier alpha value is -1.82. The van der Waals surface area contributed by atoms with Crippen LogP contribution in [0.1, 0.15) is 69.1 Å². The van der Waals surface area contributed by atoms with Crippen LogP contribution in [0.5, 0.6) is 0 Å². The van der Waals surface area contributed by atoms with Crippen LogP contribution in [0.2, 0.25) is 0 Å². The Morgan fingerprint density at radius 1 is 0.920 bits per heavy atom. The minimum atomic E-state index is 0.537. The Bertz CT molecular complexity index is 770. The molecule has 0 atom stereocenters. The van der Waals surface area contributed by atoms with E-state index in [0.29, 0.717) is 5.41 Å². The quantitative estimate of drug-likeness (QED) is 0.555. The van der Waals surface area contributed by atoms with E-state index in [9.17, 15) is 0 Å². The number of fused-ring (bicyclic) bond motifs is 1. The van der Waals surface area contributed by atoms with Crippen molar-refractivity contribution < 1.29 is 0 Å². The van der Waals surface area contributed by atoms with Gasteiger partial charge in [0, 0.05) is 0 Å². The number of benzene rings is 2. The summed E-state index contributed by atoms with van der Waals surface area (Å²) >= 11 is 0. The van der Waals surface area contributed by atoms with Crippen LogP contribution in [-0.4, -0.2) is 0 Å². The Balaban J connectivity index is 1.61. The summed E-state index contributed by atoms with van der Waals surface area (Å²) in [5, 5.41) is 0. The second-order valence-corrected chi connectivity index (χ2v) is 8.46. The molecule has 1 saturated carbocycles. The molecule has 2 aliphatic rings. The highest BCUT2D eigenvalue weighted by atomic mass is 14.3.